The van der Waals surface area contributed by atoms with Crippen LogP contribution in [0.4, 0.5) is 17.6 Å². The van der Waals surface area contributed by atoms with E-state index >= 15 is 0 Å². The van der Waals surface area contributed by atoms with E-state index in [0.717, 1.165) is 12.3 Å². The summed E-state index contributed by atoms with van der Waals surface area (Å²) in [5, 5.41) is -2.15. The molecule has 0 aliphatic heterocycles. The van der Waals surface area contributed by atoms with Gasteiger partial charge in [-0.1, -0.05) is 11.6 Å². The smallest absolute Gasteiger partial charge is 0.261 e. The van der Waals surface area contributed by atoms with Gasteiger partial charge in [-0.05, 0) is 6.07 Å². The summed E-state index contributed by atoms with van der Waals surface area (Å²) in [5.41, 5.74) is 0.265. The Morgan fingerprint density at radius 3 is 2.58 bits per heavy atom. The molecule has 0 aliphatic rings. The Hall–Kier alpha value is -0.860. The summed E-state index contributed by atoms with van der Waals surface area (Å²) in [7, 11) is 0. The highest BCUT2D eigenvalue weighted by molar-refractivity contribution is 7.80. The number of aromatic nitrogens is 2. The summed E-state index contributed by atoms with van der Waals surface area (Å²) in [6.45, 7) is 0. The van der Waals surface area contributed by atoms with Crippen molar-refractivity contribution in [3.63, 3.8) is 0 Å². The highest BCUT2D eigenvalue weighted by atomic mass is 35.5. The van der Waals surface area contributed by atoms with Crippen molar-refractivity contribution in [2.45, 2.75) is 11.4 Å². The van der Waals surface area contributed by atoms with Crippen LogP contribution in [0.25, 0.3) is 10.6 Å². The lowest BCUT2D eigenvalue weighted by molar-refractivity contribution is -0.128. The average Bonchev–Trinajstić information content (AvgIpc) is 2.69. The molecule has 2 nitrogen and oxygen atoms in total. The minimum Gasteiger partial charge on any atom is -0.261 e. The van der Waals surface area contributed by atoms with Crippen LogP contribution < -0.4 is 0 Å². The van der Waals surface area contributed by atoms with E-state index in [0.29, 0.717) is 11.3 Å². The van der Waals surface area contributed by atoms with Crippen LogP contribution in [-0.4, -0.2) is 16.1 Å². The van der Waals surface area contributed by atoms with Crippen LogP contribution in [-0.2, 0) is 0 Å². The van der Waals surface area contributed by atoms with Crippen molar-refractivity contribution in [2.75, 3.05) is 0 Å². The van der Waals surface area contributed by atoms with Crippen molar-refractivity contribution in [3.05, 3.63) is 34.3 Å². The quantitative estimate of drug-likeness (QED) is 0.647. The molecule has 0 fully saturated rings. The number of pyridine rings is 1. The molecule has 2 heterocycles. The van der Waals surface area contributed by atoms with Crippen LogP contribution in [0.15, 0.2) is 18.5 Å². The lowest BCUT2D eigenvalue weighted by atomic mass is 10.3. The second-order valence-corrected chi connectivity index (χ2v) is 5.42. The monoisotopic (exact) mass is 328 g/mol. The first-order valence-corrected chi connectivity index (χ1v) is 6.52. The fraction of sp³-hybridized carbons (Fsp3) is 0.200. The summed E-state index contributed by atoms with van der Waals surface area (Å²) >= 11 is 9.87. The third-order valence-corrected chi connectivity index (χ3v) is 4.42. The van der Waals surface area contributed by atoms with Crippen LogP contribution in [0, 0.1) is 5.82 Å². The van der Waals surface area contributed by atoms with Gasteiger partial charge in [0, 0.05) is 11.8 Å². The number of alkyl halides is 3. The molecule has 0 amide bonds. The zero-order valence-electron chi connectivity index (χ0n) is 8.95. The molecule has 0 saturated heterocycles. The standard InChI is InChI=1S/C10H5ClF4N2S2/c11-8-6(7(18)10(13,14)15)19-9(17-8)4-1-5(12)3-16-2-4/h1-3,7,18H. The van der Waals surface area contributed by atoms with E-state index in [1.54, 1.807) is 0 Å². The van der Waals surface area contributed by atoms with Gasteiger partial charge >= 0.3 is 6.18 Å². The summed E-state index contributed by atoms with van der Waals surface area (Å²) in [5.74, 6) is -0.608. The van der Waals surface area contributed by atoms with Crippen LogP contribution >= 0.6 is 35.6 Å². The second kappa shape index (κ2) is 5.26. The van der Waals surface area contributed by atoms with E-state index in [4.69, 9.17) is 11.6 Å². The van der Waals surface area contributed by atoms with E-state index in [2.05, 4.69) is 22.6 Å². The molecule has 1 unspecified atom stereocenters. The first kappa shape index (κ1) is 14.5. The van der Waals surface area contributed by atoms with Crippen molar-refractivity contribution in [3.8, 4) is 10.6 Å². The highest BCUT2D eigenvalue weighted by Crippen LogP contribution is 2.44. The molecule has 102 valence electrons. The van der Waals surface area contributed by atoms with Gasteiger partial charge in [-0.3, -0.25) is 4.98 Å². The van der Waals surface area contributed by atoms with Gasteiger partial charge in [0.1, 0.15) is 21.2 Å². The third kappa shape index (κ3) is 3.18. The molecule has 0 radical (unpaired) electrons. The lowest BCUT2D eigenvalue weighted by Crippen LogP contribution is -2.14. The molecular formula is C10H5ClF4N2S2. The molecule has 19 heavy (non-hydrogen) atoms. The van der Waals surface area contributed by atoms with Gasteiger partial charge in [0.2, 0.25) is 0 Å². The van der Waals surface area contributed by atoms with Crippen LogP contribution in [0.2, 0.25) is 5.15 Å². The number of thiazole rings is 1. The minimum atomic E-state index is -4.53. The molecule has 1 atom stereocenters. The predicted octanol–water partition coefficient (Wildman–Crippen LogP) is 4.53. The van der Waals surface area contributed by atoms with Crippen molar-refractivity contribution in [1.82, 2.24) is 9.97 Å². The first-order valence-electron chi connectivity index (χ1n) is 4.81. The molecule has 0 aliphatic carbocycles. The van der Waals surface area contributed by atoms with Gasteiger partial charge in [-0.25, -0.2) is 9.37 Å². The number of nitrogens with zero attached hydrogens (tertiary/aromatic N) is 2. The van der Waals surface area contributed by atoms with Crippen molar-refractivity contribution in [2.24, 2.45) is 0 Å². The Morgan fingerprint density at radius 2 is 2.00 bits per heavy atom. The topological polar surface area (TPSA) is 25.8 Å². The Bertz CT molecular complexity index is 599. The molecule has 0 spiro atoms. The fourth-order valence-corrected chi connectivity index (χ4v) is 2.95. The molecule has 0 bridgehead atoms. The maximum atomic E-state index is 13.0. The van der Waals surface area contributed by atoms with Gasteiger partial charge in [-0.2, -0.15) is 25.8 Å². The van der Waals surface area contributed by atoms with Crippen molar-refractivity contribution >= 4 is 35.6 Å². The molecule has 2 aromatic heterocycles. The van der Waals surface area contributed by atoms with Gasteiger partial charge in [0.15, 0.2) is 0 Å². The van der Waals surface area contributed by atoms with Crippen LogP contribution in [0.3, 0.4) is 0 Å². The van der Waals surface area contributed by atoms with Gasteiger partial charge in [-0.15, -0.1) is 11.3 Å². The van der Waals surface area contributed by atoms with E-state index < -0.39 is 17.2 Å². The number of rotatable bonds is 2. The summed E-state index contributed by atoms with van der Waals surface area (Å²) in [6, 6.07) is 1.12. The summed E-state index contributed by atoms with van der Waals surface area (Å²) in [6.07, 6.45) is -2.25. The molecular weight excluding hydrogens is 324 g/mol. The van der Waals surface area contributed by atoms with Gasteiger partial charge in [0.05, 0.1) is 11.1 Å². The lowest BCUT2D eigenvalue weighted by Gasteiger charge is -2.12. The molecule has 0 N–H and O–H groups in total. The fourth-order valence-electron chi connectivity index (χ4n) is 1.28. The van der Waals surface area contributed by atoms with E-state index in [1.807, 2.05) is 0 Å². The molecule has 0 aromatic carbocycles. The zero-order chi connectivity index (χ0) is 14.2. The Kier molecular flexibility index (Phi) is 4.03. The number of halogens is 5. The summed E-state index contributed by atoms with van der Waals surface area (Å²) < 4.78 is 50.7. The Labute approximate surface area is 119 Å². The maximum Gasteiger partial charge on any atom is 0.405 e. The summed E-state index contributed by atoms with van der Waals surface area (Å²) in [4.78, 5) is 7.16. The second-order valence-electron chi connectivity index (χ2n) is 3.51. The van der Waals surface area contributed by atoms with E-state index in [-0.39, 0.29) is 20.6 Å². The van der Waals surface area contributed by atoms with E-state index in [9.17, 15) is 17.6 Å². The zero-order valence-corrected chi connectivity index (χ0v) is 11.4. The number of hydrogen-bond donors (Lipinski definition) is 1. The molecule has 2 rings (SSSR count). The van der Waals surface area contributed by atoms with E-state index in [1.165, 1.54) is 6.20 Å². The van der Waals surface area contributed by atoms with Crippen molar-refractivity contribution in [1.29, 1.82) is 0 Å². The third-order valence-electron chi connectivity index (χ3n) is 2.12. The maximum absolute atomic E-state index is 13.0. The molecule has 0 saturated carbocycles. The van der Waals surface area contributed by atoms with Gasteiger partial charge < -0.3 is 0 Å². The van der Waals surface area contributed by atoms with Crippen LogP contribution in [0.1, 0.15) is 10.1 Å². The SMILES string of the molecule is Fc1cncc(-c2nc(Cl)c(C(S)C(F)(F)F)s2)c1. The number of thiol groups is 1. The highest BCUT2D eigenvalue weighted by Gasteiger charge is 2.41. The average molecular weight is 329 g/mol. The minimum absolute atomic E-state index is 0.162. The largest absolute Gasteiger partial charge is 0.405 e. The Morgan fingerprint density at radius 1 is 1.32 bits per heavy atom. The Balaban J connectivity index is 2.42. The van der Waals surface area contributed by atoms with Gasteiger partial charge in [0.25, 0.3) is 0 Å². The normalized spacial score (nSPS) is 13.6. The predicted molar refractivity (Wildman–Crippen MR) is 68.1 cm³/mol. The van der Waals surface area contributed by atoms with Crippen molar-refractivity contribution < 1.29 is 17.6 Å². The number of hydrogen-bond acceptors (Lipinski definition) is 4. The first-order chi connectivity index (χ1) is 8.79. The van der Waals surface area contributed by atoms with Crippen LogP contribution in [0.5, 0.6) is 0 Å². The molecule has 2 aromatic rings. The molecule has 9 heteroatoms.